The fraction of sp³-hybridized carbons (Fsp3) is 0.154. The van der Waals surface area contributed by atoms with Crippen LogP contribution in [0, 0.1) is 10.1 Å². The van der Waals surface area contributed by atoms with Crippen LogP contribution in [0.5, 0.6) is 11.5 Å². The Hall–Kier alpha value is -2.63. The summed E-state index contributed by atoms with van der Waals surface area (Å²) in [4.78, 5) is 21.3. The fourth-order valence-electron chi connectivity index (χ4n) is 1.54. The van der Waals surface area contributed by atoms with E-state index in [2.05, 4.69) is 6.58 Å². The van der Waals surface area contributed by atoms with Gasteiger partial charge in [-0.15, -0.1) is 0 Å². The Balaban J connectivity index is 3.44. The molecule has 0 unspecified atom stereocenters. The molecule has 0 aromatic heterocycles. The molecular weight excluding hydrogens is 250 g/mol. The van der Waals surface area contributed by atoms with Gasteiger partial charge >= 0.3 is 5.69 Å². The van der Waals surface area contributed by atoms with Crippen LogP contribution in [0.25, 0.3) is 6.08 Å². The standard InChI is InChI=1S/C13H13NO5/c1-7(2)10(8(3)15)4-9-5-11(14(18)19)13(17)12(16)6-9/h4-6,16-17H,1H2,2-3H3/b10-4-. The molecule has 6 nitrogen and oxygen atoms in total. The summed E-state index contributed by atoms with van der Waals surface area (Å²) >= 11 is 0. The van der Waals surface area contributed by atoms with Gasteiger partial charge in [-0.2, -0.15) is 0 Å². The van der Waals surface area contributed by atoms with E-state index in [0.29, 0.717) is 11.1 Å². The van der Waals surface area contributed by atoms with Gasteiger partial charge < -0.3 is 10.2 Å². The van der Waals surface area contributed by atoms with Crippen LogP contribution < -0.4 is 0 Å². The van der Waals surface area contributed by atoms with Gasteiger partial charge in [0.2, 0.25) is 5.75 Å². The van der Waals surface area contributed by atoms with E-state index in [4.69, 9.17) is 0 Å². The lowest BCUT2D eigenvalue weighted by Gasteiger charge is -2.05. The number of Topliss-reactive ketones (excluding diaryl/α,β-unsaturated/α-hetero) is 1. The second-order valence-corrected chi connectivity index (χ2v) is 4.06. The number of nitro groups is 1. The number of nitro benzene ring substituents is 1. The number of allylic oxidation sites excluding steroid dienone is 2. The van der Waals surface area contributed by atoms with Crippen molar-refractivity contribution in [2.24, 2.45) is 0 Å². The first kappa shape index (κ1) is 14.4. The number of carbonyl (C=O) groups excluding carboxylic acids is 1. The third-order valence-electron chi connectivity index (χ3n) is 2.44. The number of ketones is 1. The molecule has 0 aliphatic rings. The maximum absolute atomic E-state index is 11.4. The lowest BCUT2D eigenvalue weighted by Crippen LogP contribution is -1.97. The Morgan fingerprint density at radius 1 is 1.37 bits per heavy atom. The summed E-state index contributed by atoms with van der Waals surface area (Å²) in [5, 5.41) is 29.5. The zero-order chi connectivity index (χ0) is 14.7. The van der Waals surface area contributed by atoms with Crippen molar-refractivity contribution in [3.05, 3.63) is 45.5 Å². The molecule has 2 N–H and O–H groups in total. The van der Waals surface area contributed by atoms with Crippen molar-refractivity contribution >= 4 is 17.5 Å². The summed E-state index contributed by atoms with van der Waals surface area (Å²) in [5.41, 5.74) is 0.396. The molecular formula is C13H13NO5. The van der Waals surface area contributed by atoms with Crippen LogP contribution in [-0.4, -0.2) is 20.9 Å². The summed E-state index contributed by atoms with van der Waals surface area (Å²) < 4.78 is 0. The predicted octanol–water partition coefficient (Wildman–Crippen LogP) is 2.55. The number of phenolic OH excluding ortho intramolecular Hbond substituents is 2. The molecule has 19 heavy (non-hydrogen) atoms. The van der Waals surface area contributed by atoms with Crippen LogP contribution in [0.15, 0.2) is 29.9 Å². The van der Waals surface area contributed by atoms with Gasteiger partial charge in [-0.1, -0.05) is 6.58 Å². The van der Waals surface area contributed by atoms with E-state index in [1.165, 1.54) is 13.0 Å². The average Bonchev–Trinajstić information content (AvgIpc) is 2.28. The number of benzene rings is 1. The minimum Gasteiger partial charge on any atom is -0.504 e. The first-order chi connectivity index (χ1) is 8.73. The summed E-state index contributed by atoms with van der Waals surface area (Å²) in [6.45, 7) is 6.60. The lowest BCUT2D eigenvalue weighted by molar-refractivity contribution is -0.386. The molecule has 0 saturated heterocycles. The molecule has 1 aromatic carbocycles. The summed E-state index contributed by atoms with van der Waals surface area (Å²) in [6, 6.07) is 2.20. The zero-order valence-corrected chi connectivity index (χ0v) is 10.5. The Morgan fingerprint density at radius 2 is 1.95 bits per heavy atom. The highest BCUT2D eigenvalue weighted by Crippen LogP contribution is 2.36. The lowest BCUT2D eigenvalue weighted by atomic mass is 10.0. The smallest absolute Gasteiger partial charge is 0.315 e. The Labute approximate surface area is 109 Å². The molecule has 1 aromatic rings. The van der Waals surface area contributed by atoms with Crippen molar-refractivity contribution in [1.82, 2.24) is 0 Å². The van der Waals surface area contributed by atoms with Crippen LogP contribution in [0.2, 0.25) is 0 Å². The summed E-state index contributed by atoms with van der Waals surface area (Å²) in [6.07, 6.45) is 1.37. The van der Waals surface area contributed by atoms with Crippen LogP contribution in [-0.2, 0) is 4.79 Å². The van der Waals surface area contributed by atoms with Crippen molar-refractivity contribution < 1.29 is 19.9 Å². The van der Waals surface area contributed by atoms with Gasteiger partial charge in [-0.05, 0) is 37.1 Å². The minimum atomic E-state index is -0.819. The van der Waals surface area contributed by atoms with Crippen molar-refractivity contribution in [3.63, 3.8) is 0 Å². The highest BCUT2D eigenvalue weighted by atomic mass is 16.6. The molecule has 0 heterocycles. The normalized spacial score (nSPS) is 11.2. The average molecular weight is 263 g/mol. The van der Waals surface area contributed by atoms with Gasteiger partial charge in [0.15, 0.2) is 11.5 Å². The summed E-state index contributed by atoms with van der Waals surface area (Å²) in [7, 11) is 0. The van der Waals surface area contributed by atoms with Crippen molar-refractivity contribution in [1.29, 1.82) is 0 Å². The molecule has 0 aliphatic heterocycles. The maximum Gasteiger partial charge on any atom is 0.315 e. The number of hydrogen-bond donors (Lipinski definition) is 2. The second kappa shape index (κ2) is 5.34. The molecule has 0 spiro atoms. The SMILES string of the molecule is C=C(C)/C(=C/c1cc(O)c(O)c([N+](=O)[O-])c1)C(C)=O. The highest BCUT2D eigenvalue weighted by Gasteiger charge is 2.18. The molecule has 0 atom stereocenters. The number of rotatable bonds is 4. The van der Waals surface area contributed by atoms with Gasteiger partial charge in [-0.25, -0.2) is 0 Å². The van der Waals surface area contributed by atoms with Crippen LogP contribution in [0.1, 0.15) is 19.4 Å². The molecule has 100 valence electrons. The molecule has 0 bridgehead atoms. The van der Waals surface area contributed by atoms with Gasteiger partial charge in [0.25, 0.3) is 0 Å². The van der Waals surface area contributed by atoms with Crippen molar-refractivity contribution in [2.75, 3.05) is 0 Å². The van der Waals surface area contributed by atoms with E-state index in [-0.39, 0.29) is 11.3 Å². The highest BCUT2D eigenvalue weighted by molar-refractivity contribution is 6.01. The van der Waals surface area contributed by atoms with Gasteiger partial charge in [-0.3, -0.25) is 14.9 Å². The fourth-order valence-corrected chi connectivity index (χ4v) is 1.54. The van der Waals surface area contributed by atoms with E-state index in [1.54, 1.807) is 6.92 Å². The Kier molecular flexibility index (Phi) is 4.06. The molecule has 0 fully saturated rings. The molecule has 0 amide bonds. The van der Waals surface area contributed by atoms with Gasteiger partial charge in [0, 0.05) is 11.6 Å². The number of carbonyl (C=O) groups is 1. The van der Waals surface area contributed by atoms with Gasteiger partial charge in [0.1, 0.15) is 0 Å². The quantitative estimate of drug-likeness (QED) is 0.286. The topological polar surface area (TPSA) is 101 Å². The molecule has 6 heteroatoms. The second-order valence-electron chi connectivity index (χ2n) is 4.06. The molecule has 0 aliphatic carbocycles. The predicted molar refractivity (Wildman–Crippen MR) is 69.9 cm³/mol. The Morgan fingerprint density at radius 3 is 2.37 bits per heavy atom. The zero-order valence-electron chi connectivity index (χ0n) is 10.5. The third kappa shape index (κ3) is 3.19. The van der Waals surface area contributed by atoms with Crippen LogP contribution in [0.3, 0.4) is 0 Å². The number of phenols is 2. The van der Waals surface area contributed by atoms with Crippen LogP contribution in [0.4, 0.5) is 5.69 Å². The largest absolute Gasteiger partial charge is 0.504 e. The van der Waals surface area contributed by atoms with Crippen molar-refractivity contribution in [2.45, 2.75) is 13.8 Å². The maximum atomic E-state index is 11.4. The monoisotopic (exact) mass is 263 g/mol. The third-order valence-corrected chi connectivity index (χ3v) is 2.44. The van der Waals surface area contributed by atoms with E-state index < -0.39 is 22.1 Å². The molecule has 0 radical (unpaired) electrons. The van der Waals surface area contributed by atoms with Crippen LogP contribution >= 0.6 is 0 Å². The van der Waals surface area contributed by atoms with Gasteiger partial charge in [0.05, 0.1) is 4.92 Å². The number of nitrogens with zero attached hydrogens (tertiary/aromatic N) is 1. The van der Waals surface area contributed by atoms with E-state index in [0.717, 1.165) is 12.1 Å². The first-order valence-electron chi connectivity index (χ1n) is 5.33. The Bertz CT molecular complexity index is 585. The van der Waals surface area contributed by atoms with E-state index >= 15 is 0 Å². The number of hydrogen-bond acceptors (Lipinski definition) is 5. The van der Waals surface area contributed by atoms with E-state index in [9.17, 15) is 25.1 Å². The number of aromatic hydroxyl groups is 2. The van der Waals surface area contributed by atoms with E-state index in [1.807, 2.05) is 0 Å². The molecule has 1 rings (SSSR count). The minimum absolute atomic E-state index is 0.232. The molecule has 0 saturated carbocycles. The summed E-state index contributed by atoms with van der Waals surface area (Å²) in [5.74, 6) is -1.67. The first-order valence-corrected chi connectivity index (χ1v) is 5.33. The van der Waals surface area contributed by atoms with Crippen molar-refractivity contribution in [3.8, 4) is 11.5 Å².